The zero-order chi connectivity index (χ0) is 30.3. The second-order valence-electron chi connectivity index (χ2n) is 14.9. The molecule has 3 rings (SSSR count). The van der Waals surface area contributed by atoms with Crippen molar-refractivity contribution in [1.82, 2.24) is 0 Å². The smallest absolute Gasteiger partial charge is 0.872 e. The van der Waals surface area contributed by atoms with Gasteiger partial charge >= 0.3 is 19.5 Å². The van der Waals surface area contributed by atoms with Crippen LogP contribution in [0, 0.1) is 0 Å². The molecule has 0 fully saturated rings. The minimum Gasteiger partial charge on any atom is -0.872 e. The van der Waals surface area contributed by atoms with Gasteiger partial charge in [0.15, 0.2) is 0 Å². The van der Waals surface area contributed by atoms with E-state index in [1.54, 1.807) is 12.4 Å². The van der Waals surface area contributed by atoms with E-state index in [1.165, 1.54) is 0 Å². The molecular weight excluding hydrogens is 558 g/mol. The van der Waals surface area contributed by atoms with Crippen LogP contribution in [0.25, 0.3) is 0 Å². The van der Waals surface area contributed by atoms with Crippen LogP contribution in [0.2, 0.25) is 0 Å². The Hall–Kier alpha value is -2.78. The summed E-state index contributed by atoms with van der Waals surface area (Å²) < 4.78 is 0. The Morgan fingerprint density at radius 1 is 0.512 bits per heavy atom. The monoisotopic (exact) mass is 602 g/mol. The van der Waals surface area contributed by atoms with Crippen molar-refractivity contribution in [1.29, 1.82) is 0 Å². The Bertz CT molecular complexity index is 1330. The predicted octanol–water partition coefficient (Wildman–Crippen LogP) is 8.52. The van der Waals surface area contributed by atoms with Crippen LogP contribution in [0.5, 0.6) is 11.5 Å². The van der Waals surface area contributed by atoms with Crippen LogP contribution in [0.1, 0.15) is 116 Å². The molecular formula is C36H46N2O2Zn. The summed E-state index contributed by atoms with van der Waals surface area (Å²) >= 11 is 0. The summed E-state index contributed by atoms with van der Waals surface area (Å²) in [7, 11) is 0. The molecule has 0 atom stereocenters. The number of benzene rings is 3. The van der Waals surface area contributed by atoms with E-state index in [0.717, 1.165) is 22.3 Å². The van der Waals surface area contributed by atoms with Gasteiger partial charge in [0.2, 0.25) is 0 Å². The molecule has 0 N–H and O–H groups in total. The molecule has 0 spiro atoms. The van der Waals surface area contributed by atoms with Crippen molar-refractivity contribution < 1.29 is 29.7 Å². The maximum absolute atomic E-state index is 13.4. The molecule has 0 heterocycles. The van der Waals surface area contributed by atoms with E-state index >= 15 is 0 Å². The number of hydrogen-bond donors (Lipinski definition) is 0. The normalized spacial score (nSPS) is 13.2. The summed E-state index contributed by atoms with van der Waals surface area (Å²) in [4.78, 5) is 9.43. The van der Waals surface area contributed by atoms with Crippen molar-refractivity contribution in [3.05, 3.63) is 81.9 Å². The minimum atomic E-state index is -0.285. The Morgan fingerprint density at radius 3 is 1.10 bits per heavy atom. The van der Waals surface area contributed by atoms with Gasteiger partial charge in [0, 0.05) is 12.4 Å². The van der Waals surface area contributed by atoms with E-state index in [0.29, 0.717) is 22.5 Å². The SMILES string of the molecule is CC(C)(C)c1cc(C=Nc2ccccc2N=Cc2cc(C(C)(C)C)cc(C(C)(C)C)c2[O-])c([O-])c(C(C)(C)C)c1.[Zn+2]. The average molecular weight is 604 g/mol. The molecule has 4 nitrogen and oxygen atoms in total. The van der Waals surface area contributed by atoms with Gasteiger partial charge in [-0.05, 0) is 67.2 Å². The fraction of sp³-hybridized carbons (Fsp3) is 0.444. The molecule has 0 aliphatic rings. The van der Waals surface area contributed by atoms with Crippen LogP contribution in [-0.4, -0.2) is 12.4 Å². The van der Waals surface area contributed by atoms with Gasteiger partial charge in [-0.2, -0.15) is 0 Å². The van der Waals surface area contributed by atoms with Gasteiger partial charge in [0.1, 0.15) is 0 Å². The molecule has 0 aromatic heterocycles. The van der Waals surface area contributed by atoms with E-state index in [-0.39, 0.29) is 52.6 Å². The van der Waals surface area contributed by atoms with E-state index < -0.39 is 0 Å². The molecule has 0 saturated heterocycles. The van der Waals surface area contributed by atoms with Gasteiger partial charge in [0.25, 0.3) is 0 Å². The first-order chi connectivity index (χ1) is 18.2. The third-order valence-electron chi connectivity index (χ3n) is 7.15. The zero-order valence-corrected chi connectivity index (χ0v) is 30.2. The van der Waals surface area contributed by atoms with Crippen LogP contribution in [0.15, 0.2) is 58.5 Å². The van der Waals surface area contributed by atoms with Gasteiger partial charge < -0.3 is 10.2 Å². The summed E-state index contributed by atoms with van der Waals surface area (Å²) in [6.45, 7) is 25.2. The van der Waals surface area contributed by atoms with Gasteiger partial charge in [-0.1, -0.05) is 131 Å². The van der Waals surface area contributed by atoms with Gasteiger partial charge in [0.05, 0.1) is 11.4 Å². The van der Waals surface area contributed by atoms with Gasteiger partial charge in [-0.3, -0.25) is 9.98 Å². The quantitative estimate of drug-likeness (QED) is 0.221. The number of hydrogen-bond acceptors (Lipinski definition) is 4. The average Bonchev–Trinajstić information content (AvgIpc) is 2.80. The maximum Gasteiger partial charge on any atom is 2.00 e. The summed E-state index contributed by atoms with van der Waals surface area (Å²) in [5.41, 5.74) is 5.36. The first-order valence-corrected chi connectivity index (χ1v) is 14.1. The molecule has 5 heteroatoms. The number of nitrogens with zero attached hydrogens (tertiary/aromatic N) is 2. The van der Waals surface area contributed by atoms with Crippen molar-refractivity contribution >= 4 is 23.8 Å². The molecule has 3 aromatic carbocycles. The van der Waals surface area contributed by atoms with E-state index in [9.17, 15) is 10.2 Å². The van der Waals surface area contributed by atoms with Gasteiger partial charge in [-0.25, -0.2) is 0 Å². The van der Waals surface area contributed by atoms with Crippen molar-refractivity contribution in [2.75, 3.05) is 0 Å². The minimum absolute atomic E-state index is 0. The number of rotatable bonds is 4. The third kappa shape index (κ3) is 8.38. The topological polar surface area (TPSA) is 70.8 Å². The van der Waals surface area contributed by atoms with Crippen LogP contribution >= 0.6 is 0 Å². The predicted molar refractivity (Wildman–Crippen MR) is 168 cm³/mol. The Kier molecular flexibility index (Phi) is 10.3. The van der Waals surface area contributed by atoms with E-state index in [2.05, 4.69) is 83.1 Å². The molecule has 214 valence electrons. The largest absolute Gasteiger partial charge is 2.00 e. The second kappa shape index (κ2) is 12.2. The van der Waals surface area contributed by atoms with E-state index in [4.69, 9.17) is 9.98 Å². The summed E-state index contributed by atoms with van der Waals surface area (Å²) in [6.07, 6.45) is 3.30. The molecule has 0 saturated carbocycles. The number of para-hydroxylation sites is 2. The number of aliphatic imine (C=N–C) groups is 2. The molecule has 41 heavy (non-hydrogen) atoms. The fourth-order valence-electron chi connectivity index (χ4n) is 4.44. The summed E-state index contributed by atoms with van der Waals surface area (Å²) in [6, 6.07) is 15.5. The van der Waals surface area contributed by atoms with Crippen molar-refractivity contribution in [3.63, 3.8) is 0 Å². The molecule has 0 unspecified atom stereocenters. The second-order valence-corrected chi connectivity index (χ2v) is 14.9. The Morgan fingerprint density at radius 2 is 0.829 bits per heavy atom. The van der Waals surface area contributed by atoms with Crippen LogP contribution < -0.4 is 10.2 Å². The first kappa shape index (κ1) is 34.4. The molecule has 0 radical (unpaired) electrons. The summed E-state index contributed by atoms with van der Waals surface area (Å²) in [5, 5.41) is 26.8. The fourth-order valence-corrected chi connectivity index (χ4v) is 4.44. The first-order valence-electron chi connectivity index (χ1n) is 14.1. The molecule has 0 amide bonds. The zero-order valence-electron chi connectivity index (χ0n) is 27.2. The van der Waals surface area contributed by atoms with Crippen LogP contribution in [0.4, 0.5) is 11.4 Å². The van der Waals surface area contributed by atoms with Crippen LogP contribution in [0.3, 0.4) is 0 Å². The Balaban J connectivity index is 0.00000588. The maximum atomic E-state index is 13.4. The standard InChI is InChI=1S/C36H48N2O2.Zn/c1-33(2,3)25-17-23(31(39)27(19-25)35(7,8)9)21-37-29-15-13-14-16-30(29)38-22-24-18-26(34(4,5)6)20-28(32(24)40)36(10,11)12;/h13-22,39-40H,1-12H3;/q;+2/p-2. The van der Waals surface area contributed by atoms with Gasteiger partial charge in [-0.15, -0.1) is 0 Å². The van der Waals surface area contributed by atoms with E-state index in [1.807, 2.05) is 48.5 Å². The van der Waals surface area contributed by atoms with Crippen molar-refractivity contribution in [2.45, 2.75) is 105 Å². The van der Waals surface area contributed by atoms with Crippen LogP contribution in [-0.2, 0) is 41.1 Å². The molecule has 3 aromatic rings. The molecule has 0 aliphatic heterocycles. The molecule has 0 aliphatic carbocycles. The third-order valence-corrected chi connectivity index (χ3v) is 7.15. The van der Waals surface area contributed by atoms with Crippen molar-refractivity contribution in [2.24, 2.45) is 9.98 Å². The van der Waals surface area contributed by atoms with Crippen molar-refractivity contribution in [3.8, 4) is 11.5 Å². The molecule has 0 bridgehead atoms. The summed E-state index contributed by atoms with van der Waals surface area (Å²) in [5.74, 6) is -0.00938. The Labute approximate surface area is 260 Å².